The number of hydrogen-bond acceptors (Lipinski definition) is 5. The minimum atomic E-state index is -4.14. The molecule has 0 aliphatic rings. The van der Waals surface area contributed by atoms with Gasteiger partial charge in [-0.2, -0.15) is 0 Å². The monoisotopic (exact) mass is 336 g/mol. The molecule has 0 aromatic heterocycles. The van der Waals surface area contributed by atoms with Gasteiger partial charge in [-0.25, -0.2) is 26.7 Å². The highest BCUT2D eigenvalue weighted by Crippen LogP contribution is 2.20. The number of benzene rings is 1. The van der Waals surface area contributed by atoms with Crippen molar-refractivity contribution >= 4 is 20.0 Å². The summed E-state index contributed by atoms with van der Waals surface area (Å²) in [6, 6.07) is 4.72. The molecule has 0 saturated carbocycles. The molecule has 0 radical (unpaired) electrons. The highest BCUT2D eigenvalue weighted by Gasteiger charge is 2.27. The lowest BCUT2D eigenvalue weighted by atomic mass is 10.1. The molecule has 1 unspecified atom stereocenters. The van der Waals surface area contributed by atoms with Crippen molar-refractivity contribution in [2.75, 3.05) is 13.7 Å². The van der Waals surface area contributed by atoms with E-state index in [0.29, 0.717) is 0 Å². The fourth-order valence-electron chi connectivity index (χ4n) is 1.71. The van der Waals surface area contributed by atoms with Gasteiger partial charge in [-0.3, -0.25) is 0 Å². The van der Waals surface area contributed by atoms with E-state index in [9.17, 15) is 16.8 Å². The predicted octanol–water partition coefficient (Wildman–Crippen LogP) is 0.283. The van der Waals surface area contributed by atoms with Crippen LogP contribution in [0.1, 0.15) is 13.8 Å². The Hall–Kier alpha value is -1.00. The third-order valence-corrected chi connectivity index (χ3v) is 5.55. The molecule has 0 aliphatic heterocycles. The first-order valence-corrected chi connectivity index (χ1v) is 9.25. The number of rotatable bonds is 7. The van der Waals surface area contributed by atoms with Gasteiger partial charge in [-0.1, -0.05) is 26.0 Å². The normalized spacial score (nSPS) is 14.3. The third-order valence-electron chi connectivity index (χ3n) is 2.90. The molecule has 21 heavy (non-hydrogen) atoms. The zero-order valence-electron chi connectivity index (χ0n) is 12.1. The first-order valence-electron chi connectivity index (χ1n) is 6.22. The molecule has 1 atom stereocenters. The van der Waals surface area contributed by atoms with Gasteiger partial charge < -0.3 is 4.74 Å². The lowest BCUT2D eigenvalue weighted by Gasteiger charge is -2.22. The van der Waals surface area contributed by atoms with Crippen LogP contribution in [0.15, 0.2) is 34.1 Å². The van der Waals surface area contributed by atoms with E-state index in [1.165, 1.54) is 25.3 Å². The quantitative estimate of drug-likeness (QED) is 0.742. The topological polar surface area (TPSA) is 116 Å². The van der Waals surface area contributed by atoms with Crippen molar-refractivity contribution in [3.05, 3.63) is 24.3 Å². The maximum atomic E-state index is 12.4. The van der Waals surface area contributed by atoms with Crippen LogP contribution in [-0.2, 0) is 24.8 Å². The van der Waals surface area contributed by atoms with Gasteiger partial charge >= 0.3 is 0 Å². The molecule has 0 aliphatic carbocycles. The van der Waals surface area contributed by atoms with E-state index in [-0.39, 0.29) is 17.4 Å². The average molecular weight is 336 g/mol. The maximum absolute atomic E-state index is 12.4. The Morgan fingerprint density at radius 1 is 1.14 bits per heavy atom. The van der Waals surface area contributed by atoms with Gasteiger partial charge in [0.1, 0.15) is 9.79 Å². The van der Waals surface area contributed by atoms with Crippen molar-refractivity contribution in [1.82, 2.24) is 4.72 Å². The Kier molecular flexibility index (Phi) is 5.88. The summed E-state index contributed by atoms with van der Waals surface area (Å²) in [4.78, 5) is -0.799. The van der Waals surface area contributed by atoms with Crippen LogP contribution in [-0.4, -0.2) is 36.6 Å². The van der Waals surface area contributed by atoms with Crippen LogP contribution in [0.4, 0.5) is 0 Å². The summed E-state index contributed by atoms with van der Waals surface area (Å²) < 4.78 is 55.2. The Morgan fingerprint density at radius 2 is 1.67 bits per heavy atom. The minimum Gasteiger partial charge on any atom is -0.383 e. The van der Waals surface area contributed by atoms with Gasteiger partial charge in [0.05, 0.1) is 6.61 Å². The second-order valence-electron chi connectivity index (χ2n) is 4.92. The molecular weight excluding hydrogens is 316 g/mol. The Balaban J connectivity index is 3.26. The summed E-state index contributed by atoms with van der Waals surface area (Å²) in [5.74, 6) is -0.0265. The SMILES string of the molecule is COCC(NS(=O)(=O)c1ccccc1S(N)(=O)=O)C(C)C. The molecule has 0 amide bonds. The summed E-state index contributed by atoms with van der Waals surface area (Å²) in [6.45, 7) is 3.84. The zero-order valence-corrected chi connectivity index (χ0v) is 13.7. The van der Waals surface area contributed by atoms with Gasteiger partial charge in [0, 0.05) is 13.2 Å². The number of hydrogen-bond donors (Lipinski definition) is 2. The predicted molar refractivity (Wildman–Crippen MR) is 78.6 cm³/mol. The zero-order chi connectivity index (χ0) is 16.3. The van der Waals surface area contributed by atoms with E-state index in [2.05, 4.69) is 4.72 Å². The molecule has 0 bridgehead atoms. The summed E-state index contributed by atoms with van der Waals surface area (Å²) >= 11 is 0. The molecular formula is C12H20N2O5S2. The van der Waals surface area contributed by atoms with E-state index in [1.807, 2.05) is 13.8 Å². The van der Waals surface area contributed by atoms with Crippen LogP contribution >= 0.6 is 0 Å². The Morgan fingerprint density at radius 3 is 2.10 bits per heavy atom. The van der Waals surface area contributed by atoms with Crippen LogP contribution < -0.4 is 9.86 Å². The Bertz CT molecular complexity index is 683. The standard InChI is InChI=1S/C12H20N2O5S2/c1-9(2)10(8-19-3)14-21(17,18)12-7-5-4-6-11(12)20(13,15)16/h4-7,9-10,14H,8H2,1-3H3,(H2,13,15,16). The maximum Gasteiger partial charge on any atom is 0.242 e. The number of ether oxygens (including phenoxy) is 1. The number of primary sulfonamides is 1. The average Bonchev–Trinajstić information content (AvgIpc) is 2.37. The van der Waals surface area contributed by atoms with Gasteiger partial charge in [0.2, 0.25) is 20.0 Å². The van der Waals surface area contributed by atoms with Crippen molar-refractivity contribution in [3.63, 3.8) is 0 Å². The summed E-state index contributed by atoms with van der Waals surface area (Å²) in [5, 5.41) is 5.06. The second-order valence-corrected chi connectivity index (χ2v) is 8.13. The van der Waals surface area contributed by atoms with Gasteiger partial charge in [0.25, 0.3) is 0 Å². The summed E-state index contributed by atoms with van der Waals surface area (Å²) in [7, 11) is -6.70. The summed E-state index contributed by atoms with van der Waals surface area (Å²) in [6.07, 6.45) is 0. The summed E-state index contributed by atoms with van der Waals surface area (Å²) in [5.41, 5.74) is 0. The van der Waals surface area contributed by atoms with Crippen LogP contribution in [0, 0.1) is 5.92 Å². The van der Waals surface area contributed by atoms with Gasteiger partial charge in [-0.05, 0) is 18.1 Å². The molecule has 120 valence electrons. The number of nitrogens with two attached hydrogens (primary N) is 1. The van der Waals surface area contributed by atoms with E-state index in [0.717, 1.165) is 6.07 Å². The highest BCUT2D eigenvalue weighted by molar-refractivity contribution is 7.92. The molecule has 0 heterocycles. The largest absolute Gasteiger partial charge is 0.383 e. The van der Waals surface area contributed by atoms with Crippen LogP contribution in [0.3, 0.4) is 0 Å². The molecule has 3 N–H and O–H groups in total. The molecule has 0 spiro atoms. The molecule has 7 nitrogen and oxygen atoms in total. The number of methoxy groups -OCH3 is 1. The molecule has 1 aromatic rings. The molecule has 1 aromatic carbocycles. The van der Waals surface area contributed by atoms with Crippen LogP contribution in [0.5, 0.6) is 0 Å². The van der Waals surface area contributed by atoms with E-state index in [4.69, 9.17) is 9.88 Å². The van der Waals surface area contributed by atoms with E-state index < -0.39 is 31.0 Å². The second kappa shape index (κ2) is 6.84. The lowest BCUT2D eigenvalue weighted by Crippen LogP contribution is -2.42. The van der Waals surface area contributed by atoms with Crippen molar-refractivity contribution in [3.8, 4) is 0 Å². The van der Waals surface area contributed by atoms with E-state index in [1.54, 1.807) is 0 Å². The smallest absolute Gasteiger partial charge is 0.242 e. The van der Waals surface area contributed by atoms with E-state index >= 15 is 0 Å². The van der Waals surface area contributed by atoms with Crippen LogP contribution in [0.2, 0.25) is 0 Å². The Labute approximate surface area is 125 Å². The fraction of sp³-hybridized carbons (Fsp3) is 0.500. The van der Waals surface area contributed by atoms with Crippen molar-refractivity contribution < 1.29 is 21.6 Å². The molecule has 0 fully saturated rings. The number of sulfonamides is 2. The van der Waals surface area contributed by atoms with Gasteiger partial charge in [-0.15, -0.1) is 0 Å². The molecule has 0 saturated heterocycles. The molecule has 1 rings (SSSR count). The van der Waals surface area contributed by atoms with Crippen LogP contribution in [0.25, 0.3) is 0 Å². The van der Waals surface area contributed by atoms with Crippen molar-refractivity contribution in [2.24, 2.45) is 11.1 Å². The van der Waals surface area contributed by atoms with Crippen molar-refractivity contribution in [2.45, 2.75) is 29.7 Å². The van der Waals surface area contributed by atoms with Gasteiger partial charge in [0.15, 0.2) is 0 Å². The highest BCUT2D eigenvalue weighted by atomic mass is 32.2. The lowest BCUT2D eigenvalue weighted by molar-refractivity contribution is 0.157. The fourth-order valence-corrected chi connectivity index (χ4v) is 4.46. The first kappa shape index (κ1) is 18.1. The third kappa shape index (κ3) is 4.75. The number of nitrogens with one attached hydrogen (secondary N) is 1. The first-order chi connectivity index (χ1) is 9.59. The van der Waals surface area contributed by atoms with Crippen molar-refractivity contribution in [1.29, 1.82) is 0 Å². The molecule has 9 heteroatoms. The minimum absolute atomic E-state index is 0.0265.